The second-order valence-electron chi connectivity index (χ2n) is 9.67. The molecule has 7 rings (SSSR count). The van der Waals surface area contributed by atoms with Crippen LogP contribution < -0.4 is 0 Å². The molecule has 0 saturated heterocycles. The van der Waals surface area contributed by atoms with Gasteiger partial charge in [-0.05, 0) is 72.2 Å². The van der Waals surface area contributed by atoms with Crippen molar-refractivity contribution in [2.45, 2.75) is 25.7 Å². The predicted molar refractivity (Wildman–Crippen MR) is 149 cm³/mol. The number of benzene rings is 5. The van der Waals surface area contributed by atoms with Gasteiger partial charge in [-0.25, -0.2) is 0 Å². The maximum absolute atomic E-state index is 6.06. The molecule has 0 unspecified atom stereocenters. The molecule has 2 nitrogen and oxygen atoms in total. The van der Waals surface area contributed by atoms with E-state index in [9.17, 15) is 0 Å². The quantitative estimate of drug-likeness (QED) is 0.244. The summed E-state index contributed by atoms with van der Waals surface area (Å²) in [6, 6.07) is 38.8. The first kappa shape index (κ1) is 21.0. The standard InChI is InChI=1S/C34H26O2/c1-3-7-31-27(5-1)29-19-17-25(21-33(29)35-31)15-13-23-9-11-24(12-10-23)14-16-26-18-20-30-28-6-2-4-8-32(28)36-34(30)22-26/h1-12,17-22H,13-16H2. The third kappa shape index (κ3) is 3.85. The summed E-state index contributed by atoms with van der Waals surface area (Å²) in [5, 5.41) is 4.76. The summed E-state index contributed by atoms with van der Waals surface area (Å²) in [6.45, 7) is 0. The first-order chi connectivity index (χ1) is 17.8. The normalized spacial score (nSPS) is 11.8. The lowest BCUT2D eigenvalue weighted by Crippen LogP contribution is -1.94. The first-order valence-corrected chi connectivity index (χ1v) is 12.7. The van der Waals surface area contributed by atoms with Crippen LogP contribution in [0.2, 0.25) is 0 Å². The molecular formula is C34H26O2. The summed E-state index contributed by atoms with van der Waals surface area (Å²) in [5.41, 5.74) is 9.22. The lowest BCUT2D eigenvalue weighted by Gasteiger charge is -2.06. The highest BCUT2D eigenvalue weighted by Crippen LogP contribution is 2.30. The number of furan rings is 2. The molecule has 7 aromatic rings. The molecule has 5 aromatic carbocycles. The van der Waals surface area contributed by atoms with Crippen molar-refractivity contribution < 1.29 is 8.83 Å². The van der Waals surface area contributed by atoms with Gasteiger partial charge in [0, 0.05) is 21.5 Å². The van der Waals surface area contributed by atoms with Crippen molar-refractivity contribution in [3.63, 3.8) is 0 Å². The summed E-state index contributed by atoms with van der Waals surface area (Å²) in [7, 11) is 0. The number of hydrogen-bond acceptors (Lipinski definition) is 2. The van der Waals surface area contributed by atoms with Gasteiger partial charge < -0.3 is 8.83 Å². The van der Waals surface area contributed by atoms with E-state index >= 15 is 0 Å². The molecule has 0 amide bonds. The van der Waals surface area contributed by atoms with Gasteiger partial charge in [-0.15, -0.1) is 0 Å². The molecular weight excluding hydrogens is 440 g/mol. The van der Waals surface area contributed by atoms with Gasteiger partial charge in [-0.3, -0.25) is 0 Å². The van der Waals surface area contributed by atoms with Gasteiger partial charge in [-0.2, -0.15) is 0 Å². The minimum absolute atomic E-state index is 0.956. The van der Waals surface area contributed by atoms with Gasteiger partial charge in [0.15, 0.2) is 0 Å². The Morgan fingerprint density at radius 2 is 0.694 bits per heavy atom. The Morgan fingerprint density at radius 1 is 0.333 bits per heavy atom. The summed E-state index contributed by atoms with van der Waals surface area (Å²) < 4.78 is 12.1. The van der Waals surface area contributed by atoms with Gasteiger partial charge >= 0.3 is 0 Å². The highest BCUT2D eigenvalue weighted by molar-refractivity contribution is 6.05. The van der Waals surface area contributed by atoms with Crippen molar-refractivity contribution >= 4 is 43.9 Å². The Hall–Kier alpha value is -4.30. The van der Waals surface area contributed by atoms with E-state index in [4.69, 9.17) is 8.83 Å². The van der Waals surface area contributed by atoms with E-state index < -0.39 is 0 Å². The summed E-state index contributed by atoms with van der Waals surface area (Å²) >= 11 is 0. The minimum atomic E-state index is 0.956. The van der Waals surface area contributed by atoms with E-state index in [0.717, 1.165) is 48.0 Å². The molecule has 36 heavy (non-hydrogen) atoms. The largest absolute Gasteiger partial charge is 0.456 e. The molecule has 2 aromatic heterocycles. The lowest BCUT2D eigenvalue weighted by molar-refractivity contribution is 0.667. The van der Waals surface area contributed by atoms with Crippen molar-refractivity contribution in [2.24, 2.45) is 0 Å². The molecule has 2 heterocycles. The summed E-state index contributed by atoms with van der Waals surface area (Å²) in [6.07, 6.45) is 4.05. The lowest BCUT2D eigenvalue weighted by atomic mass is 9.99. The predicted octanol–water partition coefficient (Wildman–Crippen LogP) is 9.06. The molecule has 0 saturated carbocycles. The average Bonchev–Trinajstić information content (AvgIpc) is 3.48. The molecule has 174 valence electrons. The van der Waals surface area contributed by atoms with Crippen LogP contribution in [-0.4, -0.2) is 0 Å². The topological polar surface area (TPSA) is 26.3 Å². The van der Waals surface area contributed by atoms with Gasteiger partial charge in [0.05, 0.1) is 0 Å². The molecule has 0 N–H and O–H groups in total. The molecule has 0 atom stereocenters. The Bertz CT molecular complexity index is 1700. The van der Waals surface area contributed by atoms with Crippen LogP contribution in [0.5, 0.6) is 0 Å². The van der Waals surface area contributed by atoms with Crippen LogP contribution in [0.3, 0.4) is 0 Å². The van der Waals surface area contributed by atoms with Crippen LogP contribution in [0.4, 0.5) is 0 Å². The van der Waals surface area contributed by atoms with Gasteiger partial charge in [0.25, 0.3) is 0 Å². The average molecular weight is 467 g/mol. The van der Waals surface area contributed by atoms with Crippen molar-refractivity contribution in [3.05, 3.63) is 131 Å². The molecule has 0 radical (unpaired) electrons. The van der Waals surface area contributed by atoms with Crippen LogP contribution in [0, 0.1) is 0 Å². The van der Waals surface area contributed by atoms with E-state index in [1.54, 1.807) is 0 Å². The smallest absolute Gasteiger partial charge is 0.135 e. The Labute approximate surface area is 209 Å². The highest BCUT2D eigenvalue weighted by atomic mass is 16.3. The van der Waals surface area contributed by atoms with Gasteiger partial charge in [0.2, 0.25) is 0 Å². The van der Waals surface area contributed by atoms with Crippen LogP contribution in [0.15, 0.2) is 118 Å². The number of hydrogen-bond donors (Lipinski definition) is 0. The van der Waals surface area contributed by atoms with Crippen molar-refractivity contribution in [1.29, 1.82) is 0 Å². The van der Waals surface area contributed by atoms with Crippen molar-refractivity contribution in [1.82, 2.24) is 0 Å². The van der Waals surface area contributed by atoms with E-state index in [1.807, 2.05) is 24.3 Å². The molecule has 0 spiro atoms. The van der Waals surface area contributed by atoms with E-state index in [0.29, 0.717) is 0 Å². The number of fused-ring (bicyclic) bond motifs is 6. The fraction of sp³-hybridized carbons (Fsp3) is 0.118. The fourth-order valence-electron chi connectivity index (χ4n) is 5.30. The number of para-hydroxylation sites is 2. The highest BCUT2D eigenvalue weighted by Gasteiger charge is 2.08. The van der Waals surface area contributed by atoms with Crippen LogP contribution in [0.1, 0.15) is 22.3 Å². The molecule has 0 aliphatic rings. The number of rotatable bonds is 6. The summed E-state index contributed by atoms with van der Waals surface area (Å²) in [4.78, 5) is 0. The summed E-state index contributed by atoms with van der Waals surface area (Å²) in [5.74, 6) is 0. The zero-order chi connectivity index (χ0) is 23.9. The molecule has 0 aliphatic heterocycles. The second-order valence-corrected chi connectivity index (χ2v) is 9.67. The van der Waals surface area contributed by atoms with E-state index in [-0.39, 0.29) is 0 Å². The van der Waals surface area contributed by atoms with Crippen molar-refractivity contribution in [2.75, 3.05) is 0 Å². The Balaban J connectivity index is 1.00. The molecule has 0 bridgehead atoms. The second kappa shape index (κ2) is 8.73. The van der Waals surface area contributed by atoms with Gasteiger partial charge in [-0.1, -0.05) is 84.9 Å². The minimum Gasteiger partial charge on any atom is -0.456 e. The van der Waals surface area contributed by atoms with Crippen LogP contribution in [-0.2, 0) is 25.7 Å². The third-order valence-corrected chi connectivity index (χ3v) is 7.31. The maximum Gasteiger partial charge on any atom is 0.135 e. The van der Waals surface area contributed by atoms with Crippen LogP contribution in [0.25, 0.3) is 43.9 Å². The maximum atomic E-state index is 6.06. The molecule has 0 fully saturated rings. The number of aryl methyl sites for hydroxylation is 4. The fourth-order valence-corrected chi connectivity index (χ4v) is 5.30. The first-order valence-electron chi connectivity index (χ1n) is 12.7. The van der Waals surface area contributed by atoms with E-state index in [1.165, 1.54) is 43.8 Å². The van der Waals surface area contributed by atoms with Crippen molar-refractivity contribution in [3.8, 4) is 0 Å². The molecule has 0 aliphatic carbocycles. The van der Waals surface area contributed by atoms with E-state index in [2.05, 4.69) is 84.9 Å². The van der Waals surface area contributed by atoms with Crippen LogP contribution >= 0.6 is 0 Å². The Morgan fingerprint density at radius 3 is 1.17 bits per heavy atom. The third-order valence-electron chi connectivity index (χ3n) is 7.31. The monoisotopic (exact) mass is 466 g/mol. The SMILES string of the molecule is c1ccc2c(c1)oc1cc(CCc3ccc(CCc4ccc5c(c4)oc4ccccc45)cc3)ccc12. The zero-order valence-corrected chi connectivity index (χ0v) is 20.0. The zero-order valence-electron chi connectivity index (χ0n) is 20.0. The Kier molecular flexibility index (Phi) is 5.10. The molecule has 2 heteroatoms. The van der Waals surface area contributed by atoms with Gasteiger partial charge in [0.1, 0.15) is 22.3 Å².